The number of hydrogen-bond donors (Lipinski definition) is 2. The maximum absolute atomic E-state index is 10.1. The molecule has 2 N–H and O–H groups in total. The van der Waals surface area contributed by atoms with Gasteiger partial charge in [0.05, 0.1) is 11.6 Å². The van der Waals surface area contributed by atoms with E-state index in [9.17, 15) is 5.11 Å². The molecule has 0 amide bonds. The average Bonchev–Trinajstić information content (AvgIpc) is 3.00. The lowest BCUT2D eigenvalue weighted by Crippen LogP contribution is -2.28. The van der Waals surface area contributed by atoms with Crippen LogP contribution in [0.4, 0.5) is 0 Å². The standard InChI is InChI=1S/C18H24N2O/c21-17(11-14-5-1-2-6-14)13-19-12-16-8-3-7-15-9-4-10-20-18(15)16/h3-4,7-10,14,17,19,21H,1-2,5-6,11-13H2. The number of rotatable bonds is 6. The second-order valence-electron chi connectivity index (χ2n) is 6.16. The minimum absolute atomic E-state index is 0.226. The molecule has 1 aromatic carbocycles. The molecule has 1 atom stereocenters. The van der Waals surface area contributed by atoms with Crippen molar-refractivity contribution in [3.05, 3.63) is 42.1 Å². The molecule has 112 valence electrons. The Labute approximate surface area is 126 Å². The summed E-state index contributed by atoms with van der Waals surface area (Å²) in [5, 5.41) is 14.7. The molecule has 0 spiro atoms. The maximum Gasteiger partial charge on any atom is 0.0746 e. The summed E-state index contributed by atoms with van der Waals surface area (Å²) in [6.45, 7) is 1.43. The topological polar surface area (TPSA) is 45.1 Å². The zero-order valence-corrected chi connectivity index (χ0v) is 12.5. The molecule has 0 saturated heterocycles. The quantitative estimate of drug-likeness (QED) is 0.856. The van der Waals surface area contributed by atoms with Crippen LogP contribution in [-0.2, 0) is 6.54 Å². The van der Waals surface area contributed by atoms with E-state index in [4.69, 9.17) is 0 Å². The van der Waals surface area contributed by atoms with Crippen molar-refractivity contribution >= 4 is 10.9 Å². The highest BCUT2D eigenvalue weighted by Crippen LogP contribution is 2.28. The molecule has 1 heterocycles. The van der Waals surface area contributed by atoms with Gasteiger partial charge in [-0.1, -0.05) is 49.9 Å². The van der Waals surface area contributed by atoms with Crippen LogP contribution < -0.4 is 5.32 Å². The Kier molecular flexibility index (Phi) is 4.84. The molecule has 0 aliphatic heterocycles. The first-order chi connectivity index (χ1) is 10.3. The predicted octanol–water partition coefficient (Wildman–Crippen LogP) is 3.27. The summed E-state index contributed by atoms with van der Waals surface area (Å²) >= 11 is 0. The number of para-hydroxylation sites is 1. The van der Waals surface area contributed by atoms with E-state index >= 15 is 0 Å². The van der Waals surface area contributed by atoms with Crippen LogP contribution in [0.25, 0.3) is 10.9 Å². The Morgan fingerprint density at radius 1 is 1.19 bits per heavy atom. The molecule has 1 aliphatic carbocycles. The number of fused-ring (bicyclic) bond motifs is 1. The van der Waals surface area contributed by atoms with E-state index < -0.39 is 0 Å². The van der Waals surface area contributed by atoms with Crippen molar-refractivity contribution in [3.8, 4) is 0 Å². The second kappa shape index (κ2) is 7.01. The molecule has 3 heteroatoms. The third-order valence-corrected chi connectivity index (χ3v) is 4.49. The molecule has 1 aromatic heterocycles. The van der Waals surface area contributed by atoms with E-state index in [0.717, 1.165) is 24.4 Å². The van der Waals surface area contributed by atoms with Crippen LogP contribution in [0.1, 0.15) is 37.7 Å². The summed E-state index contributed by atoms with van der Waals surface area (Å²) in [6.07, 6.45) is 7.82. The van der Waals surface area contributed by atoms with Gasteiger partial charge >= 0.3 is 0 Å². The number of nitrogens with one attached hydrogen (secondary N) is 1. The molecule has 1 saturated carbocycles. The smallest absolute Gasteiger partial charge is 0.0746 e. The summed E-state index contributed by atoms with van der Waals surface area (Å²) in [5.41, 5.74) is 2.25. The van der Waals surface area contributed by atoms with Crippen molar-refractivity contribution < 1.29 is 5.11 Å². The van der Waals surface area contributed by atoms with Crippen molar-refractivity contribution in [3.63, 3.8) is 0 Å². The molecule has 0 radical (unpaired) electrons. The summed E-state index contributed by atoms with van der Waals surface area (Å²) in [7, 11) is 0. The lowest BCUT2D eigenvalue weighted by molar-refractivity contribution is 0.140. The van der Waals surface area contributed by atoms with E-state index in [1.807, 2.05) is 12.3 Å². The van der Waals surface area contributed by atoms with Gasteiger partial charge in [0, 0.05) is 24.7 Å². The molecule has 2 aromatic rings. The van der Waals surface area contributed by atoms with Gasteiger partial charge in [-0.2, -0.15) is 0 Å². The van der Waals surface area contributed by atoms with Crippen molar-refractivity contribution in [2.24, 2.45) is 5.92 Å². The number of aliphatic hydroxyl groups excluding tert-OH is 1. The molecular weight excluding hydrogens is 260 g/mol. The number of benzene rings is 1. The van der Waals surface area contributed by atoms with Gasteiger partial charge in [0.25, 0.3) is 0 Å². The Hall–Kier alpha value is -1.45. The summed E-state index contributed by atoms with van der Waals surface area (Å²) in [4.78, 5) is 4.46. The number of pyridine rings is 1. The van der Waals surface area contributed by atoms with Crippen LogP contribution in [0.3, 0.4) is 0 Å². The summed E-state index contributed by atoms with van der Waals surface area (Å²) < 4.78 is 0. The number of nitrogens with zero attached hydrogens (tertiary/aromatic N) is 1. The monoisotopic (exact) mass is 284 g/mol. The van der Waals surface area contributed by atoms with Crippen molar-refractivity contribution in [1.82, 2.24) is 10.3 Å². The van der Waals surface area contributed by atoms with Gasteiger partial charge in [-0.3, -0.25) is 4.98 Å². The first-order valence-electron chi connectivity index (χ1n) is 8.04. The SMILES string of the molecule is OC(CNCc1cccc2cccnc12)CC1CCCC1. The van der Waals surface area contributed by atoms with Gasteiger partial charge in [-0.25, -0.2) is 0 Å². The Morgan fingerprint density at radius 3 is 2.86 bits per heavy atom. The predicted molar refractivity (Wildman–Crippen MR) is 86.0 cm³/mol. The van der Waals surface area contributed by atoms with Crippen LogP contribution in [0.5, 0.6) is 0 Å². The fourth-order valence-electron chi connectivity index (χ4n) is 3.40. The largest absolute Gasteiger partial charge is 0.392 e. The first kappa shape index (κ1) is 14.5. The lowest BCUT2D eigenvalue weighted by atomic mass is 10.00. The van der Waals surface area contributed by atoms with Crippen LogP contribution >= 0.6 is 0 Å². The summed E-state index contributed by atoms with van der Waals surface area (Å²) in [6, 6.07) is 10.3. The van der Waals surface area contributed by atoms with Gasteiger partial charge in [0.15, 0.2) is 0 Å². The Balaban J connectivity index is 1.52. The van der Waals surface area contributed by atoms with E-state index in [0.29, 0.717) is 6.54 Å². The van der Waals surface area contributed by atoms with Gasteiger partial charge in [0.2, 0.25) is 0 Å². The Morgan fingerprint density at radius 2 is 2.00 bits per heavy atom. The summed E-state index contributed by atoms with van der Waals surface area (Å²) in [5.74, 6) is 0.737. The third kappa shape index (κ3) is 3.80. The van der Waals surface area contributed by atoms with Crippen LogP contribution in [0.2, 0.25) is 0 Å². The molecular formula is C18H24N2O. The zero-order valence-electron chi connectivity index (χ0n) is 12.5. The maximum atomic E-state index is 10.1. The minimum atomic E-state index is -0.226. The van der Waals surface area contributed by atoms with Crippen molar-refractivity contribution in [1.29, 1.82) is 0 Å². The second-order valence-corrected chi connectivity index (χ2v) is 6.16. The van der Waals surface area contributed by atoms with Crippen molar-refractivity contribution in [2.45, 2.75) is 44.8 Å². The molecule has 0 bridgehead atoms. The lowest BCUT2D eigenvalue weighted by Gasteiger charge is -2.16. The number of hydrogen-bond acceptors (Lipinski definition) is 3. The minimum Gasteiger partial charge on any atom is -0.392 e. The van der Waals surface area contributed by atoms with Crippen LogP contribution in [0, 0.1) is 5.92 Å². The molecule has 3 nitrogen and oxygen atoms in total. The molecule has 1 unspecified atom stereocenters. The van der Waals surface area contributed by atoms with E-state index in [1.54, 1.807) is 0 Å². The van der Waals surface area contributed by atoms with Gasteiger partial charge in [-0.15, -0.1) is 0 Å². The van der Waals surface area contributed by atoms with Gasteiger partial charge < -0.3 is 10.4 Å². The normalized spacial score (nSPS) is 17.4. The number of aromatic nitrogens is 1. The van der Waals surface area contributed by atoms with E-state index in [-0.39, 0.29) is 6.10 Å². The third-order valence-electron chi connectivity index (χ3n) is 4.49. The Bertz CT molecular complexity index is 573. The molecule has 1 aliphatic rings. The highest BCUT2D eigenvalue weighted by atomic mass is 16.3. The first-order valence-corrected chi connectivity index (χ1v) is 8.04. The molecule has 21 heavy (non-hydrogen) atoms. The van der Waals surface area contributed by atoms with Crippen LogP contribution in [-0.4, -0.2) is 22.7 Å². The highest BCUT2D eigenvalue weighted by Gasteiger charge is 2.18. The zero-order chi connectivity index (χ0) is 14.5. The van der Waals surface area contributed by atoms with Gasteiger partial charge in [0.1, 0.15) is 0 Å². The highest BCUT2D eigenvalue weighted by molar-refractivity contribution is 5.81. The fraction of sp³-hybridized carbons (Fsp3) is 0.500. The van der Waals surface area contributed by atoms with Crippen molar-refractivity contribution in [2.75, 3.05) is 6.54 Å². The van der Waals surface area contributed by atoms with E-state index in [1.165, 1.54) is 36.6 Å². The fourth-order valence-corrected chi connectivity index (χ4v) is 3.40. The molecule has 1 fully saturated rings. The van der Waals surface area contributed by atoms with E-state index in [2.05, 4.69) is 34.6 Å². The van der Waals surface area contributed by atoms with Gasteiger partial charge in [-0.05, 0) is 24.0 Å². The molecule has 3 rings (SSSR count). The van der Waals surface area contributed by atoms with Crippen LogP contribution in [0.15, 0.2) is 36.5 Å². The average molecular weight is 284 g/mol. The number of aliphatic hydroxyl groups is 1.